The molecule has 0 spiro atoms. The fourth-order valence-electron chi connectivity index (χ4n) is 4.57. The number of nitrogens with zero attached hydrogens (tertiary/aromatic N) is 1. The summed E-state index contributed by atoms with van der Waals surface area (Å²) in [5.74, 6) is 1.64. The van der Waals surface area contributed by atoms with Crippen LogP contribution in [-0.4, -0.2) is 30.6 Å². The Hall–Kier alpha value is -4.78. The molecule has 0 bridgehead atoms. The van der Waals surface area contributed by atoms with Crippen LogP contribution in [0.15, 0.2) is 103 Å². The van der Waals surface area contributed by atoms with Crippen LogP contribution in [0.5, 0.6) is 17.2 Å². The Morgan fingerprint density at radius 1 is 0.821 bits per heavy atom. The summed E-state index contributed by atoms with van der Waals surface area (Å²) >= 11 is 0. The lowest BCUT2D eigenvalue weighted by Gasteiger charge is -2.32. The Morgan fingerprint density at radius 3 is 2.21 bits per heavy atom. The van der Waals surface area contributed by atoms with Gasteiger partial charge in [-0.25, -0.2) is 0 Å². The second kappa shape index (κ2) is 12.2. The van der Waals surface area contributed by atoms with E-state index in [-0.39, 0.29) is 38.1 Å². The maximum atomic E-state index is 13.9. The van der Waals surface area contributed by atoms with Crippen molar-refractivity contribution in [3.8, 4) is 17.2 Å². The average Bonchev–Trinajstić information content (AvgIpc) is 3.45. The summed E-state index contributed by atoms with van der Waals surface area (Å²) in [6.07, 6.45) is 0.176. The summed E-state index contributed by atoms with van der Waals surface area (Å²) in [4.78, 5) is 29.4. The highest BCUT2D eigenvalue weighted by atomic mass is 16.7. The molecule has 0 radical (unpaired) electrons. The minimum absolute atomic E-state index is 0.149. The Balaban J connectivity index is 1.44. The van der Waals surface area contributed by atoms with Gasteiger partial charge >= 0.3 is 0 Å². The van der Waals surface area contributed by atoms with Gasteiger partial charge in [-0.3, -0.25) is 9.59 Å². The van der Waals surface area contributed by atoms with E-state index in [2.05, 4.69) is 5.32 Å². The van der Waals surface area contributed by atoms with Crippen LogP contribution < -0.4 is 19.5 Å². The Bertz CT molecular complexity index is 1410. The molecule has 7 nitrogen and oxygen atoms in total. The number of ether oxygens (including phenoxy) is 3. The molecule has 7 heteroatoms. The van der Waals surface area contributed by atoms with E-state index in [1.165, 1.54) is 0 Å². The lowest BCUT2D eigenvalue weighted by Crippen LogP contribution is -2.43. The highest BCUT2D eigenvalue weighted by Crippen LogP contribution is 2.32. The monoisotopic (exact) mass is 522 g/mol. The summed E-state index contributed by atoms with van der Waals surface area (Å²) in [7, 11) is 1.61. The molecule has 2 amide bonds. The number of fused-ring (bicyclic) bond motifs is 1. The van der Waals surface area contributed by atoms with Gasteiger partial charge in [-0.05, 0) is 46.5 Å². The van der Waals surface area contributed by atoms with Gasteiger partial charge < -0.3 is 24.4 Å². The predicted octanol–water partition coefficient (Wildman–Crippen LogP) is 5.05. The molecule has 1 heterocycles. The fraction of sp³-hybridized carbons (Fsp3) is 0.188. The van der Waals surface area contributed by atoms with Gasteiger partial charge in [-0.1, -0.05) is 78.9 Å². The van der Waals surface area contributed by atoms with Crippen LogP contribution in [0.2, 0.25) is 0 Å². The molecular formula is C32H30N2O5. The number of hydrogen-bond donors (Lipinski definition) is 1. The molecule has 39 heavy (non-hydrogen) atoms. The number of benzene rings is 4. The normalized spacial score (nSPS) is 12.4. The molecule has 0 unspecified atom stereocenters. The Kier molecular flexibility index (Phi) is 8.07. The van der Waals surface area contributed by atoms with Crippen molar-refractivity contribution in [1.82, 2.24) is 10.2 Å². The number of hydrogen-bond acceptors (Lipinski definition) is 5. The van der Waals surface area contributed by atoms with Crippen molar-refractivity contribution in [2.24, 2.45) is 0 Å². The average molecular weight is 523 g/mol. The van der Waals surface area contributed by atoms with Crippen molar-refractivity contribution in [3.05, 3.63) is 125 Å². The van der Waals surface area contributed by atoms with E-state index in [0.717, 1.165) is 28.0 Å². The number of carbonyl (C=O) groups is 2. The molecule has 5 rings (SSSR count). The van der Waals surface area contributed by atoms with Crippen molar-refractivity contribution in [1.29, 1.82) is 0 Å². The predicted molar refractivity (Wildman–Crippen MR) is 147 cm³/mol. The van der Waals surface area contributed by atoms with E-state index in [1.54, 1.807) is 12.0 Å². The number of methoxy groups -OCH3 is 1. The highest BCUT2D eigenvalue weighted by Gasteiger charge is 2.31. The topological polar surface area (TPSA) is 77.1 Å². The van der Waals surface area contributed by atoms with E-state index < -0.39 is 6.04 Å². The zero-order valence-electron chi connectivity index (χ0n) is 21.7. The first-order valence-corrected chi connectivity index (χ1v) is 12.8. The molecule has 0 saturated heterocycles. The van der Waals surface area contributed by atoms with Gasteiger partial charge in [0.15, 0.2) is 11.5 Å². The quantitative estimate of drug-likeness (QED) is 0.315. The van der Waals surface area contributed by atoms with Gasteiger partial charge in [0.05, 0.1) is 13.5 Å². The Labute approximate surface area is 227 Å². The zero-order chi connectivity index (χ0) is 27.0. The van der Waals surface area contributed by atoms with Gasteiger partial charge in [0, 0.05) is 13.1 Å². The van der Waals surface area contributed by atoms with Crippen LogP contribution >= 0.6 is 0 Å². The number of carbonyl (C=O) groups excluding carboxylic acids is 2. The van der Waals surface area contributed by atoms with Crippen molar-refractivity contribution < 1.29 is 23.8 Å². The molecule has 1 atom stereocenters. The van der Waals surface area contributed by atoms with Crippen molar-refractivity contribution in [2.45, 2.75) is 25.6 Å². The maximum Gasteiger partial charge on any atom is 0.247 e. The fourth-order valence-corrected chi connectivity index (χ4v) is 4.57. The van der Waals surface area contributed by atoms with E-state index in [0.29, 0.717) is 11.5 Å². The standard InChI is InChI=1S/C32H30N2O5/c1-37-27-15-12-24(13-16-27)21-34(30(35)19-23-8-4-2-5-9-23)31(26-10-6-3-7-11-26)32(36)33-20-25-14-17-28-29(18-25)39-22-38-28/h2-18,31H,19-22H2,1H3,(H,33,36)/t31-/m0/s1. The van der Waals surface area contributed by atoms with Crippen LogP contribution in [0.3, 0.4) is 0 Å². The molecule has 0 fully saturated rings. The maximum absolute atomic E-state index is 13.9. The van der Waals surface area contributed by atoms with Gasteiger partial charge in [-0.15, -0.1) is 0 Å². The van der Waals surface area contributed by atoms with Gasteiger partial charge in [-0.2, -0.15) is 0 Å². The zero-order valence-corrected chi connectivity index (χ0v) is 21.7. The number of amides is 2. The lowest BCUT2D eigenvalue weighted by atomic mass is 10.0. The van der Waals surface area contributed by atoms with E-state index in [1.807, 2.05) is 103 Å². The molecule has 1 aliphatic heterocycles. The SMILES string of the molecule is COc1ccc(CN(C(=O)Cc2ccccc2)[C@H](C(=O)NCc2ccc3c(c2)OCO3)c2ccccc2)cc1. The van der Waals surface area contributed by atoms with Crippen LogP contribution in [0, 0.1) is 0 Å². The van der Waals surface area contributed by atoms with Crippen LogP contribution in [0.1, 0.15) is 28.3 Å². The minimum atomic E-state index is -0.835. The van der Waals surface area contributed by atoms with Crippen molar-refractivity contribution >= 4 is 11.8 Å². The summed E-state index contributed by atoms with van der Waals surface area (Å²) in [5, 5.41) is 3.04. The molecule has 1 aliphatic rings. The molecule has 1 N–H and O–H groups in total. The summed E-state index contributed by atoms with van der Waals surface area (Å²) in [6, 6.07) is 31.2. The highest BCUT2D eigenvalue weighted by molar-refractivity contribution is 5.89. The number of rotatable bonds is 10. The van der Waals surface area contributed by atoms with Gasteiger partial charge in [0.1, 0.15) is 11.8 Å². The van der Waals surface area contributed by atoms with Crippen LogP contribution in [0.25, 0.3) is 0 Å². The third-order valence-corrected chi connectivity index (χ3v) is 6.61. The summed E-state index contributed by atoms with van der Waals surface area (Å²) < 4.78 is 16.2. The first-order chi connectivity index (χ1) is 19.1. The molecule has 198 valence electrons. The van der Waals surface area contributed by atoms with Crippen LogP contribution in [0.4, 0.5) is 0 Å². The van der Waals surface area contributed by atoms with Crippen molar-refractivity contribution in [2.75, 3.05) is 13.9 Å². The largest absolute Gasteiger partial charge is 0.497 e. The minimum Gasteiger partial charge on any atom is -0.497 e. The third kappa shape index (κ3) is 6.38. The van der Waals surface area contributed by atoms with Crippen molar-refractivity contribution in [3.63, 3.8) is 0 Å². The summed E-state index contributed by atoms with van der Waals surface area (Å²) in [5.41, 5.74) is 3.38. The first-order valence-electron chi connectivity index (χ1n) is 12.8. The second-order valence-electron chi connectivity index (χ2n) is 9.25. The second-order valence-corrected chi connectivity index (χ2v) is 9.25. The molecule has 0 aliphatic carbocycles. The van der Waals surface area contributed by atoms with Gasteiger partial charge in [0.25, 0.3) is 0 Å². The molecule has 4 aromatic rings. The van der Waals surface area contributed by atoms with E-state index in [4.69, 9.17) is 14.2 Å². The summed E-state index contributed by atoms with van der Waals surface area (Å²) in [6.45, 7) is 0.722. The Morgan fingerprint density at radius 2 is 1.49 bits per heavy atom. The molecule has 0 saturated carbocycles. The van der Waals surface area contributed by atoms with Crippen LogP contribution in [-0.2, 0) is 29.1 Å². The smallest absolute Gasteiger partial charge is 0.247 e. The van der Waals surface area contributed by atoms with Gasteiger partial charge in [0.2, 0.25) is 18.6 Å². The lowest BCUT2D eigenvalue weighted by molar-refractivity contribution is -0.141. The number of nitrogens with one attached hydrogen (secondary N) is 1. The van der Waals surface area contributed by atoms with E-state index >= 15 is 0 Å². The van der Waals surface area contributed by atoms with E-state index in [9.17, 15) is 9.59 Å². The molecular weight excluding hydrogens is 492 g/mol. The molecule has 4 aromatic carbocycles. The third-order valence-electron chi connectivity index (χ3n) is 6.61. The first kappa shape index (κ1) is 25.9. The molecule has 0 aromatic heterocycles.